The third-order valence-electron chi connectivity index (χ3n) is 3.96. The number of amides is 1. The summed E-state index contributed by atoms with van der Waals surface area (Å²) in [6.07, 6.45) is 4.71. The molecule has 1 saturated heterocycles. The van der Waals surface area contributed by atoms with E-state index >= 15 is 0 Å². The molecule has 0 saturated carbocycles. The van der Waals surface area contributed by atoms with Crippen LogP contribution in [-0.2, 0) is 4.79 Å². The number of benzene rings is 1. The second kappa shape index (κ2) is 7.38. The molecule has 1 fully saturated rings. The summed E-state index contributed by atoms with van der Waals surface area (Å²) in [5.41, 5.74) is 2.34. The van der Waals surface area contributed by atoms with Crippen molar-refractivity contribution in [1.29, 1.82) is 0 Å². The molecular formula is C18H20N2OS. The van der Waals surface area contributed by atoms with Crippen molar-refractivity contribution in [3.63, 3.8) is 0 Å². The summed E-state index contributed by atoms with van der Waals surface area (Å²) in [6.45, 7) is 2.90. The molecular weight excluding hydrogens is 292 g/mol. The van der Waals surface area contributed by atoms with E-state index in [1.165, 1.54) is 12.0 Å². The second-order valence-corrected chi connectivity index (χ2v) is 6.23. The fourth-order valence-electron chi connectivity index (χ4n) is 2.57. The smallest absolute Gasteiger partial charge is 0.244 e. The molecule has 1 N–H and O–H groups in total. The van der Waals surface area contributed by atoms with Gasteiger partial charge < -0.3 is 5.32 Å². The van der Waals surface area contributed by atoms with Crippen molar-refractivity contribution in [2.24, 2.45) is 0 Å². The highest BCUT2D eigenvalue weighted by molar-refractivity contribution is 7.07. The zero-order valence-electron chi connectivity index (χ0n) is 12.4. The monoisotopic (exact) mass is 312 g/mol. The molecule has 1 aromatic heterocycles. The number of carbonyl (C=O) groups is 1. The zero-order valence-corrected chi connectivity index (χ0v) is 13.3. The normalized spacial score (nSPS) is 16.4. The van der Waals surface area contributed by atoms with Crippen LogP contribution >= 0.6 is 11.3 Å². The standard InChI is InChI=1S/C18H20N2OS/c21-18(8-7-15-5-2-1-3-6-15)19-13-17(20-10-4-11-20)16-9-12-22-14-16/h1-3,5-9,12,14,17H,4,10-11,13H2,(H,19,21)/b8-7+/t17-/m1/s1. The van der Waals surface area contributed by atoms with Gasteiger partial charge in [0.1, 0.15) is 0 Å². The summed E-state index contributed by atoms with van der Waals surface area (Å²) in [5, 5.41) is 7.30. The van der Waals surface area contributed by atoms with Gasteiger partial charge in [-0.3, -0.25) is 9.69 Å². The van der Waals surface area contributed by atoms with E-state index < -0.39 is 0 Å². The summed E-state index contributed by atoms with van der Waals surface area (Å²) in [7, 11) is 0. The van der Waals surface area contributed by atoms with E-state index in [1.807, 2.05) is 36.4 Å². The number of carbonyl (C=O) groups excluding carboxylic acids is 1. The van der Waals surface area contributed by atoms with Crippen molar-refractivity contribution in [3.05, 3.63) is 64.4 Å². The zero-order chi connectivity index (χ0) is 15.2. The SMILES string of the molecule is O=C(/C=C/c1ccccc1)NC[C@H](c1ccsc1)N1CCC1. The molecule has 2 heterocycles. The van der Waals surface area contributed by atoms with Crippen LogP contribution in [0.15, 0.2) is 53.2 Å². The Morgan fingerprint density at radius 2 is 2.09 bits per heavy atom. The molecule has 0 unspecified atom stereocenters. The Hall–Kier alpha value is -1.91. The Balaban J connectivity index is 1.55. The van der Waals surface area contributed by atoms with Crippen LogP contribution in [-0.4, -0.2) is 30.4 Å². The molecule has 1 aliphatic heterocycles. The van der Waals surface area contributed by atoms with Crippen LogP contribution in [0, 0.1) is 0 Å². The van der Waals surface area contributed by atoms with E-state index in [4.69, 9.17) is 0 Å². The summed E-state index contributed by atoms with van der Waals surface area (Å²) < 4.78 is 0. The van der Waals surface area contributed by atoms with Crippen molar-refractivity contribution in [2.75, 3.05) is 19.6 Å². The molecule has 0 spiro atoms. The number of rotatable bonds is 6. The van der Waals surface area contributed by atoms with E-state index in [9.17, 15) is 4.79 Å². The Bertz CT molecular complexity index is 618. The Labute approximate surface area is 135 Å². The lowest BCUT2D eigenvalue weighted by molar-refractivity contribution is -0.116. The summed E-state index contributed by atoms with van der Waals surface area (Å²) >= 11 is 1.71. The highest BCUT2D eigenvalue weighted by Gasteiger charge is 2.25. The Morgan fingerprint density at radius 1 is 1.27 bits per heavy atom. The minimum atomic E-state index is -0.0374. The molecule has 1 amide bonds. The van der Waals surface area contributed by atoms with Gasteiger partial charge in [-0.25, -0.2) is 0 Å². The van der Waals surface area contributed by atoms with Crippen LogP contribution in [0.3, 0.4) is 0 Å². The van der Waals surface area contributed by atoms with Crippen LogP contribution in [0.5, 0.6) is 0 Å². The van der Waals surface area contributed by atoms with E-state index in [0.29, 0.717) is 12.6 Å². The number of likely N-dealkylation sites (tertiary alicyclic amines) is 1. The van der Waals surface area contributed by atoms with Gasteiger partial charge in [0.15, 0.2) is 0 Å². The second-order valence-electron chi connectivity index (χ2n) is 5.45. The number of nitrogens with one attached hydrogen (secondary N) is 1. The Kier molecular flexibility index (Phi) is 5.03. The van der Waals surface area contributed by atoms with Crippen LogP contribution < -0.4 is 5.32 Å². The topological polar surface area (TPSA) is 32.3 Å². The van der Waals surface area contributed by atoms with Gasteiger partial charge in [-0.2, -0.15) is 11.3 Å². The summed E-state index contributed by atoms with van der Waals surface area (Å²) in [6, 6.07) is 12.3. The predicted molar refractivity (Wildman–Crippen MR) is 91.7 cm³/mol. The maximum absolute atomic E-state index is 12.0. The van der Waals surface area contributed by atoms with Gasteiger partial charge in [-0.1, -0.05) is 30.3 Å². The lowest BCUT2D eigenvalue weighted by Crippen LogP contribution is -2.44. The first-order valence-electron chi connectivity index (χ1n) is 7.60. The molecule has 0 bridgehead atoms. The summed E-state index contributed by atoms with van der Waals surface area (Å²) in [5.74, 6) is -0.0374. The maximum atomic E-state index is 12.0. The average Bonchev–Trinajstić information content (AvgIpc) is 3.02. The largest absolute Gasteiger partial charge is 0.351 e. The fraction of sp³-hybridized carbons (Fsp3) is 0.278. The summed E-state index contributed by atoms with van der Waals surface area (Å²) in [4.78, 5) is 14.4. The van der Waals surface area contributed by atoms with Gasteiger partial charge in [-0.05, 0) is 40.5 Å². The quantitative estimate of drug-likeness (QED) is 0.830. The fourth-order valence-corrected chi connectivity index (χ4v) is 3.27. The number of hydrogen-bond donors (Lipinski definition) is 1. The molecule has 3 nitrogen and oxygen atoms in total. The molecule has 4 heteroatoms. The first-order chi connectivity index (χ1) is 10.8. The van der Waals surface area contributed by atoms with Crippen molar-refractivity contribution >= 4 is 23.3 Å². The van der Waals surface area contributed by atoms with Gasteiger partial charge in [0.25, 0.3) is 0 Å². The first-order valence-corrected chi connectivity index (χ1v) is 8.54. The van der Waals surface area contributed by atoms with E-state index in [0.717, 1.165) is 18.7 Å². The third-order valence-corrected chi connectivity index (χ3v) is 4.66. The van der Waals surface area contributed by atoms with Gasteiger partial charge >= 0.3 is 0 Å². The highest BCUT2D eigenvalue weighted by Crippen LogP contribution is 2.26. The number of hydrogen-bond acceptors (Lipinski definition) is 3. The minimum absolute atomic E-state index is 0.0374. The van der Waals surface area contributed by atoms with Crippen LogP contribution in [0.1, 0.15) is 23.6 Å². The molecule has 2 aromatic rings. The predicted octanol–water partition coefficient (Wildman–Crippen LogP) is 3.32. The van der Waals surface area contributed by atoms with Crippen LogP contribution in [0.4, 0.5) is 0 Å². The first kappa shape index (κ1) is 15.0. The molecule has 22 heavy (non-hydrogen) atoms. The van der Waals surface area contributed by atoms with Gasteiger partial charge in [0.2, 0.25) is 5.91 Å². The lowest BCUT2D eigenvalue weighted by atomic mass is 10.0. The van der Waals surface area contributed by atoms with Crippen molar-refractivity contribution in [1.82, 2.24) is 10.2 Å². The molecule has 1 atom stereocenters. The number of thiophene rings is 1. The Morgan fingerprint density at radius 3 is 2.73 bits per heavy atom. The van der Waals surface area contributed by atoms with E-state index in [-0.39, 0.29) is 5.91 Å². The molecule has 0 aliphatic carbocycles. The minimum Gasteiger partial charge on any atom is -0.351 e. The van der Waals surface area contributed by atoms with Crippen molar-refractivity contribution < 1.29 is 4.79 Å². The van der Waals surface area contributed by atoms with Gasteiger partial charge in [0.05, 0.1) is 6.04 Å². The molecule has 1 aromatic carbocycles. The molecule has 114 valence electrons. The molecule has 0 radical (unpaired) electrons. The van der Waals surface area contributed by atoms with Gasteiger partial charge in [-0.15, -0.1) is 0 Å². The van der Waals surface area contributed by atoms with E-state index in [1.54, 1.807) is 17.4 Å². The number of nitrogens with zero attached hydrogens (tertiary/aromatic N) is 1. The highest BCUT2D eigenvalue weighted by atomic mass is 32.1. The van der Waals surface area contributed by atoms with Crippen LogP contribution in [0.2, 0.25) is 0 Å². The van der Waals surface area contributed by atoms with Crippen LogP contribution in [0.25, 0.3) is 6.08 Å². The lowest BCUT2D eigenvalue weighted by Gasteiger charge is -2.38. The molecule has 3 rings (SSSR count). The average molecular weight is 312 g/mol. The van der Waals surface area contributed by atoms with E-state index in [2.05, 4.69) is 27.0 Å². The van der Waals surface area contributed by atoms with Gasteiger partial charge in [0, 0.05) is 25.7 Å². The molecule has 1 aliphatic rings. The third kappa shape index (κ3) is 3.84. The van der Waals surface area contributed by atoms with Crippen molar-refractivity contribution in [3.8, 4) is 0 Å². The van der Waals surface area contributed by atoms with Crippen molar-refractivity contribution in [2.45, 2.75) is 12.5 Å². The maximum Gasteiger partial charge on any atom is 0.244 e.